The van der Waals surface area contributed by atoms with Gasteiger partial charge in [-0.25, -0.2) is 4.39 Å². The van der Waals surface area contributed by atoms with E-state index in [0.29, 0.717) is 42.9 Å². The summed E-state index contributed by atoms with van der Waals surface area (Å²) < 4.78 is 14.7. The third kappa shape index (κ3) is 6.40. The van der Waals surface area contributed by atoms with Crippen LogP contribution < -0.4 is 5.32 Å². The van der Waals surface area contributed by atoms with E-state index >= 15 is 0 Å². The minimum absolute atomic E-state index is 0.0903. The van der Waals surface area contributed by atoms with Gasteiger partial charge >= 0.3 is 0 Å². The molecule has 32 heavy (non-hydrogen) atoms. The van der Waals surface area contributed by atoms with Gasteiger partial charge in [-0.05, 0) is 43.2 Å². The van der Waals surface area contributed by atoms with Gasteiger partial charge in [0.2, 0.25) is 11.8 Å². The minimum atomic E-state index is -0.348. The monoisotopic (exact) mass is 461 g/mol. The number of nitrogens with one attached hydrogen (secondary N) is 1. The molecule has 1 fully saturated rings. The number of carbonyl (C=O) groups excluding carboxylic acids is 2. The van der Waals surface area contributed by atoms with Gasteiger partial charge in [0.1, 0.15) is 11.0 Å². The smallest absolute Gasteiger partial charge is 0.246 e. The Morgan fingerprint density at radius 1 is 1.19 bits per heavy atom. The summed E-state index contributed by atoms with van der Waals surface area (Å²) in [6, 6.07) is 5.66. The van der Waals surface area contributed by atoms with Gasteiger partial charge in [0.25, 0.3) is 0 Å². The molecule has 172 valence electrons. The van der Waals surface area contributed by atoms with Gasteiger partial charge in [-0.2, -0.15) is 5.10 Å². The largest absolute Gasteiger partial charge is 0.337 e. The number of piperazine rings is 1. The Kier molecular flexibility index (Phi) is 8.04. The molecule has 2 amide bonds. The van der Waals surface area contributed by atoms with Gasteiger partial charge in [0.05, 0.1) is 12.2 Å². The molecule has 0 radical (unpaired) electrons. The quantitative estimate of drug-likeness (QED) is 0.641. The summed E-state index contributed by atoms with van der Waals surface area (Å²) >= 11 is 6.44. The number of nitrogens with zero attached hydrogens (tertiary/aromatic N) is 4. The third-order valence-electron chi connectivity index (χ3n) is 5.22. The minimum Gasteiger partial charge on any atom is -0.337 e. The Balaban J connectivity index is 1.48. The maximum Gasteiger partial charge on any atom is 0.246 e. The van der Waals surface area contributed by atoms with Crippen LogP contribution in [-0.4, -0.2) is 64.1 Å². The van der Waals surface area contributed by atoms with E-state index in [1.165, 1.54) is 30.3 Å². The van der Waals surface area contributed by atoms with E-state index < -0.39 is 0 Å². The molecule has 0 spiro atoms. The van der Waals surface area contributed by atoms with Crippen LogP contribution in [0.15, 0.2) is 30.3 Å². The number of carbonyl (C=O) groups is 2. The Hall–Kier alpha value is -2.71. The summed E-state index contributed by atoms with van der Waals surface area (Å²) in [6.45, 7) is 9.28. The molecule has 0 bridgehead atoms. The van der Waals surface area contributed by atoms with Gasteiger partial charge in [0.15, 0.2) is 0 Å². The first kappa shape index (κ1) is 23.9. The second kappa shape index (κ2) is 10.7. The van der Waals surface area contributed by atoms with Crippen molar-refractivity contribution in [3.8, 4) is 0 Å². The summed E-state index contributed by atoms with van der Waals surface area (Å²) in [4.78, 5) is 28.6. The van der Waals surface area contributed by atoms with E-state index in [9.17, 15) is 14.0 Å². The number of anilines is 1. The summed E-state index contributed by atoms with van der Waals surface area (Å²) in [5, 5.41) is 7.75. The number of aryl methyl sites for hydroxylation is 1. The Morgan fingerprint density at radius 3 is 2.47 bits per heavy atom. The van der Waals surface area contributed by atoms with E-state index in [-0.39, 0.29) is 24.2 Å². The van der Waals surface area contributed by atoms with Gasteiger partial charge in [-0.1, -0.05) is 25.4 Å². The normalized spacial score (nSPS) is 15.0. The number of hydrogen-bond acceptors (Lipinski definition) is 4. The van der Waals surface area contributed by atoms with Crippen molar-refractivity contribution >= 4 is 35.2 Å². The van der Waals surface area contributed by atoms with E-state index in [1.54, 1.807) is 15.7 Å². The molecule has 1 aliphatic rings. The number of halogens is 2. The Morgan fingerprint density at radius 2 is 1.84 bits per heavy atom. The topological polar surface area (TPSA) is 70.5 Å². The molecule has 1 saturated heterocycles. The van der Waals surface area contributed by atoms with Crippen LogP contribution in [0.2, 0.25) is 5.15 Å². The van der Waals surface area contributed by atoms with Crippen LogP contribution in [-0.2, 0) is 16.1 Å². The van der Waals surface area contributed by atoms with Crippen molar-refractivity contribution in [2.24, 2.45) is 5.92 Å². The number of benzene rings is 1. The molecule has 0 aliphatic carbocycles. The molecule has 2 heterocycles. The highest BCUT2D eigenvalue weighted by molar-refractivity contribution is 6.31. The third-order valence-corrected chi connectivity index (χ3v) is 5.62. The van der Waals surface area contributed by atoms with Crippen molar-refractivity contribution in [1.29, 1.82) is 0 Å². The lowest BCUT2D eigenvalue weighted by Crippen LogP contribution is -2.50. The van der Waals surface area contributed by atoms with Crippen LogP contribution in [0.25, 0.3) is 6.08 Å². The van der Waals surface area contributed by atoms with Crippen LogP contribution in [0.5, 0.6) is 0 Å². The molecular formula is C23H29ClFN5O2. The second-order valence-electron chi connectivity index (χ2n) is 8.36. The molecule has 1 aromatic heterocycles. The van der Waals surface area contributed by atoms with Gasteiger partial charge in [-0.15, -0.1) is 0 Å². The molecule has 9 heteroatoms. The molecular weight excluding hydrogens is 433 g/mol. The average Bonchev–Trinajstić information content (AvgIpc) is 3.00. The summed E-state index contributed by atoms with van der Waals surface area (Å²) in [7, 11) is 0. The first-order valence-electron chi connectivity index (χ1n) is 10.7. The van der Waals surface area contributed by atoms with Crippen molar-refractivity contribution in [1.82, 2.24) is 19.6 Å². The average molecular weight is 462 g/mol. The Bertz CT molecular complexity index is 979. The molecule has 3 rings (SSSR count). The SMILES string of the molecule is Cc1nn(CC(C)C)c(Cl)c1/C=C/C(=O)N1CCN(CC(=O)Nc2ccc(F)cc2)CC1. The number of rotatable bonds is 7. The zero-order valence-electron chi connectivity index (χ0n) is 18.6. The lowest BCUT2D eigenvalue weighted by molar-refractivity contribution is -0.127. The van der Waals surface area contributed by atoms with Crippen LogP contribution in [0, 0.1) is 18.7 Å². The maximum atomic E-state index is 13.0. The zero-order valence-corrected chi connectivity index (χ0v) is 19.4. The standard InChI is InChI=1S/C23H29ClFN5O2/c1-16(2)14-30-23(24)20(17(3)27-30)8-9-22(32)29-12-10-28(11-13-29)15-21(31)26-19-6-4-18(25)5-7-19/h4-9,16H,10-15H2,1-3H3,(H,26,31)/b9-8+. The highest BCUT2D eigenvalue weighted by atomic mass is 35.5. The molecule has 0 saturated carbocycles. The van der Waals surface area contributed by atoms with E-state index in [0.717, 1.165) is 17.8 Å². The highest BCUT2D eigenvalue weighted by Gasteiger charge is 2.21. The molecule has 2 aromatic rings. The van der Waals surface area contributed by atoms with E-state index in [4.69, 9.17) is 11.6 Å². The summed E-state index contributed by atoms with van der Waals surface area (Å²) in [5.74, 6) is -0.189. The summed E-state index contributed by atoms with van der Waals surface area (Å²) in [6.07, 6.45) is 3.26. The van der Waals surface area contributed by atoms with E-state index in [1.807, 2.05) is 11.8 Å². The molecule has 7 nitrogen and oxygen atoms in total. The fourth-order valence-electron chi connectivity index (χ4n) is 3.55. The van der Waals surface area contributed by atoms with Crippen LogP contribution in [0.1, 0.15) is 25.1 Å². The van der Waals surface area contributed by atoms with Crippen molar-refractivity contribution in [2.75, 3.05) is 38.0 Å². The van der Waals surface area contributed by atoms with Crippen molar-refractivity contribution in [3.05, 3.63) is 52.6 Å². The predicted octanol–water partition coefficient (Wildman–Crippen LogP) is 3.44. The lowest BCUT2D eigenvalue weighted by atomic mass is 10.2. The lowest BCUT2D eigenvalue weighted by Gasteiger charge is -2.33. The van der Waals surface area contributed by atoms with Crippen molar-refractivity contribution in [3.63, 3.8) is 0 Å². The highest BCUT2D eigenvalue weighted by Crippen LogP contribution is 2.22. The van der Waals surface area contributed by atoms with Crippen LogP contribution >= 0.6 is 11.6 Å². The van der Waals surface area contributed by atoms with Crippen LogP contribution in [0.4, 0.5) is 10.1 Å². The molecule has 1 aromatic carbocycles. The fraction of sp³-hybridized carbons (Fsp3) is 0.435. The van der Waals surface area contributed by atoms with Crippen molar-refractivity contribution in [2.45, 2.75) is 27.3 Å². The molecule has 0 unspecified atom stereocenters. The first-order chi connectivity index (χ1) is 15.2. The van der Waals surface area contributed by atoms with Crippen LogP contribution in [0.3, 0.4) is 0 Å². The van der Waals surface area contributed by atoms with Gasteiger partial charge in [-0.3, -0.25) is 19.2 Å². The second-order valence-corrected chi connectivity index (χ2v) is 8.71. The van der Waals surface area contributed by atoms with Gasteiger partial charge in [0, 0.05) is 50.1 Å². The van der Waals surface area contributed by atoms with E-state index in [2.05, 4.69) is 24.3 Å². The summed E-state index contributed by atoms with van der Waals surface area (Å²) in [5.41, 5.74) is 2.11. The molecule has 1 aliphatic heterocycles. The number of aromatic nitrogens is 2. The first-order valence-corrected chi connectivity index (χ1v) is 11.1. The Labute approximate surface area is 192 Å². The molecule has 0 atom stereocenters. The van der Waals surface area contributed by atoms with Crippen molar-refractivity contribution < 1.29 is 14.0 Å². The predicted molar refractivity (Wildman–Crippen MR) is 124 cm³/mol. The maximum absolute atomic E-state index is 13.0. The molecule has 1 N–H and O–H groups in total. The number of hydrogen-bond donors (Lipinski definition) is 1. The fourth-order valence-corrected chi connectivity index (χ4v) is 3.85. The van der Waals surface area contributed by atoms with Gasteiger partial charge < -0.3 is 10.2 Å². The number of amides is 2. The zero-order chi connectivity index (χ0) is 23.3.